The highest BCUT2D eigenvalue weighted by atomic mass is 16.5. The van der Waals surface area contributed by atoms with E-state index in [2.05, 4.69) is 24.5 Å². The van der Waals surface area contributed by atoms with E-state index in [1.165, 1.54) is 5.56 Å². The van der Waals surface area contributed by atoms with Crippen molar-refractivity contribution in [3.63, 3.8) is 0 Å². The number of likely N-dealkylation sites (N-methyl/N-ethyl adjacent to an activating group) is 1. The van der Waals surface area contributed by atoms with Crippen molar-refractivity contribution in [1.29, 1.82) is 5.26 Å². The molecule has 0 saturated carbocycles. The van der Waals surface area contributed by atoms with Gasteiger partial charge in [-0.25, -0.2) is 0 Å². The van der Waals surface area contributed by atoms with Gasteiger partial charge in [-0.3, -0.25) is 4.48 Å². The molecule has 7 nitrogen and oxygen atoms in total. The Bertz CT molecular complexity index is 866. The predicted octanol–water partition coefficient (Wildman–Crippen LogP) is 3.36. The minimum absolute atomic E-state index is 0.647. The first-order valence-electron chi connectivity index (χ1n) is 9.91. The minimum Gasteiger partial charge on any atom is -0.493 e. The van der Waals surface area contributed by atoms with E-state index in [1.807, 2.05) is 30.5 Å². The zero-order valence-corrected chi connectivity index (χ0v) is 18.5. The lowest BCUT2D eigenvalue weighted by molar-refractivity contribution is 0.321. The zero-order chi connectivity index (χ0) is 22.0. The maximum Gasteiger partial charge on any atom is 0.176 e. The number of nitrogens with one attached hydrogen (secondary N) is 1. The van der Waals surface area contributed by atoms with Crippen molar-refractivity contribution in [3.8, 4) is 29.2 Å². The first-order chi connectivity index (χ1) is 14.5. The molecule has 2 rings (SSSR count). The summed E-state index contributed by atoms with van der Waals surface area (Å²) in [6.07, 6.45) is 3.71. The Morgan fingerprint density at radius 1 is 0.833 bits per heavy atom. The number of rotatable bonds is 12. The van der Waals surface area contributed by atoms with Crippen LogP contribution < -0.4 is 28.7 Å². The molecule has 0 spiro atoms. The average molecular weight is 415 g/mol. The highest BCUT2D eigenvalue weighted by molar-refractivity contribution is 5.54. The van der Waals surface area contributed by atoms with E-state index in [9.17, 15) is 0 Å². The first-order valence-corrected chi connectivity index (χ1v) is 9.91. The van der Waals surface area contributed by atoms with Gasteiger partial charge in [-0.1, -0.05) is 6.07 Å². The van der Waals surface area contributed by atoms with Crippen LogP contribution >= 0.6 is 0 Å². The molecule has 0 radical (unpaired) electrons. The van der Waals surface area contributed by atoms with Gasteiger partial charge in [0.05, 0.1) is 48.6 Å². The summed E-state index contributed by atoms with van der Waals surface area (Å²) >= 11 is 0. The van der Waals surface area contributed by atoms with Crippen LogP contribution in [0.25, 0.3) is 0 Å². The Labute approximate surface area is 179 Å². The van der Waals surface area contributed by atoms with Crippen LogP contribution in [0, 0.1) is 11.5 Å². The van der Waals surface area contributed by atoms with E-state index in [0.29, 0.717) is 22.5 Å². The van der Waals surface area contributed by atoms with E-state index in [-0.39, 0.29) is 0 Å². The van der Waals surface area contributed by atoms with Crippen molar-refractivity contribution in [2.45, 2.75) is 12.8 Å². The molecule has 0 aromatic heterocycles. The highest BCUT2D eigenvalue weighted by Gasteiger charge is 2.26. The molecule has 30 heavy (non-hydrogen) atoms. The second-order valence-electron chi connectivity index (χ2n) is 7.21. The van der Waals surface area contributed by atoms with Gasteiger partial charge in [0.1, 0.15) is 5.69 Å². The molecule has 7 heteroatoms. The van der Waals surface area contributed by atoms with Crippen LogP contribution in [0.5, 0.6) is 23.0 Å². The molecule has 0 fully saturated rings. The molecule has 2 aromatic carbocycles. The Morgan fingerprint density at radius 3 is 2.03 bits per heavy atom. The number of hydrogen-bond acceptors (Lipinski definition) is 6. The SMILES string of the molecule is COc1ccc(CC[N+](C)(CCCNC#N)c2ccc(OC)c(OC)c2)cc1OC. The summed E-state index contributed by atoms with van der Waals surface area (Å²) in [6.45, 7) is 2.39. The number of ether oxygens (including phenoxy) is 4. The minimum atomic E-state index is 0.647. The molecule has 1 atom stereocenters. The summed E-state index contributed by atoms with van der Waals surface area (Å²) in [7, 11) is 8.77. The summed E-state index contributed by atoms with van der Waals surface area (Å²) in [5.74, 6) is 2.87. The number of hydrogen-bond donors (Lipinski definition) is 1. The van der Waals surface area contributed by atoms with Crippen LogP contribution in [-0.2, 0) is 6.42 Å². The lowest BCUT2D eigenvalue weighted by Gasteiger charge is -2.34. The van der Waals surface area contributed by atoms with Crippen LogP contribution in [0.15, 0.2) is 36.4 Å². The number of methoxy groups -OCH3 is 4. The molecule has 0 aliphatic heterocycles. The largest absolute Gasteiger partial charge is 0.493 e. The molecular formula is C23H32N3O4+. The summed E-state index contributed by atoms with van der Waals surface area (Å²) in [4.78, 5) is 0. The molecular weight excluding hydrogens is 382 g/mol. The molecule has 0 aliphatic carbocycles. The lowest BCUT2D eigenvalue weighted by Crippen LogP contribution is -2.48. The normalized spacial score (nSPS) is 12.4. The maximum absolute atomic E-state index is 8.76. The van der Waals surface area contributed by atoms with Gasteiger partial charge in [0.25, 0.3) is 0 Å². The van der Waals surface area contributed by atoms with E-state index >= 15 is 0 Å². The van der Waals surface area contributed by atoms with Crippen molar-refractivity contribution >= 4 is 5.69 Å². The van der Waals surface area contributed by atoms with E-state index in [1.54, 1.807) is 28.4 Å². The third kappa shape index (κ3) is 5.71. The molecule has 0 amide bonds. The summed E-state index contributed by atoms with van der Waals surface area (Å²) in [5, 5.41) is 11.5. The van der Waals surface area contributed by atoms with Gasteiger partial charge in [0.2, 0.25) is 0 Å². The summed E-state index contributed by atoms with van der Waals surface area (Å²) < 4.78 is 22.4. The molecule has 1 N–H and O–H groups in total. The molecule has 0 heterocycles. The van der Waals surface area contributed by atoms with E-state index < -0.39 is 0 Å². The fourth-order valence-electron chi connectivity index (χ4n) is 3.52. The van der Waals surface area contributed by atoms with Gasteiger partial charge in [-0.05, 0) is 23.8 Å². The Hall–Kier alpha value is -3.11. The Balaban J connectivity index is 2.27. The first kappa shape index (κ1) is 23.2. The van der Waals surface area contributed by atoms with E-state index in [4.69, 9.17) is 24.2 Å². The van der Waals surface area contributed by atoms with Crippen molar-refractivity contribution < 1.29 is 18.9 Å². The molecule has 0 aliphatic rings. The Morgan fingerprint density at radius 2 is 1.43 bits per heavy atom. The standard InChI is InChI=1S/C23H32N3O4/c1-26(13-6-12-25-17-24,19-8-10-21(28-3)23(16-19)30-5)14-11-18-7-9-20(27-2)22(15-18)29-4/h7-10,15-16,25H,6,11-14H2,1-5H3/q+1. The maximum atomic E-state index is 8.76. The number of nitrogens with zero attached hydrogens (tertiary/aromatic N) is 2. The smallest absolute Gasteiger partial charge is 0.176 e. The topological polar surface area (TPSA) is 72.7 Å². The molecule has 162 valence electrons. The van der Waals surface area contributed by atoms with Gasteiger partial charge in [0, 0.05) is 31.5 Å². The molecule has 0 bridgehead atoms. The molecule has 1 unspecified atom stereocenters. The fraction of sp³-hybridized carbons (Fsp3) is 0.435. The van der Waals surface area contributed by atoms with Crippen molar-refractivity contribution in [1.82, 2.24) is 9.80 Å². The number of benzene rings is 2. The van der Waals surface area contributed by atoms with Crippen LogP contribution in [0.3, 0.4) is 0 Å². The van der Waals surface area contributed by atoms with Crippen LogP contribution in [0.2, 0.25) is 0 Å². The van der Waals surface area contributed by atoms with E-state index in [0.717, 1.165) is 43.1 Å². The van der Waals surface area contributed by atoms with Crippen molar-refractivity contribution in [2.24, 2.45) is 0 Å². The van der Waals surface area contributed by atoms with Gasteiger partial charge < -0.3 is 24.3 Å². The van der Waals surface area contributed by atoms with Crippen LogP contribution in [0.1, 0.15) is 12.0 Å². The second kappa shape index (κ2) is 11.2. The third-order valence-electron chi connectivity index (χ3n) is 5.36. The molecule has 0 saturated heterocycles. The average Bonchev–Trinajstić information content (AvgIpc) is 2.79. The fourth-order valence-corrected chi connectivity index (χ4v) is 3.52. The lowest BCUT2D eigenvalue weighted by atomic mass is 10.1. The molecule has 2 aromatic rings. The number of quaternary nitrogens is 1. The highest BCUT2D eigenvalue weighted by Crippen LogP contribution is 2.34. The van der Waals surface area contributed by atoms with Crippen LogP contribution in [0.4, 0.5) is 5.69 Å². The quantitative estimate of drug-likeness (QED) is 0.249. The van der Waals surface area contributed by atoms with Crippen LogP contribution in [-0.4, -0.2) is 55.1 Å². The monoisotopic (exact) mass is 414 g/mol. The third-order valence-corrected chi connectivity index (χ3v) is 5.36. The van der Waals surface area contributed by atoms with Crippen molar-refractivity contribution in [2.75, 3.05) is 55.1 Å². The van der Waals surface area contributed by atoms with Gasteiger partial charge >= 0.3 is 0 Å². The van der Waals surface area contributed by atoms with Gasteiger partial charge in [0.15, 0.2) is 29.2 Å². The van der Waals surface area contributed by atoms with Gasteiger partial charge in [-0.2, -0.15) is 5.26 Å². The summed E-state index contributed by atoms with van der Waals surface area (Å²) in [5.41, 5.74) is 2.30. The number of nitriles is 1. The predicted molar refractivity (Wildman–Crippen MR) is 118 cm³/mol. The van der Waals surface area contributed by atoms with Gasteiger partial charge in [-0.15, -0.1) is 0 Å². The second-order valence-corrected chi connectivity index (χ2v) is 7.21. The van der Waals surface area contributed by atoms with Crippen molar-refractivity contribution in [3.05, 3.63) is 42.0 Å². The summed E-state index contributed by atoms with van der Waals surface area (Å²) in [6, 6.07) is 12.1. The zero-order valence-electron chi connectivity index (χ0n) is 18.5. The Kier molecular flexibility index (Phi) is 8.63.